The molecule has 1 aromatic heterocycles. The van der Waals surface area contributed by atoms with Crippen molar-refractivity contribution in [1.82, 2.24) is 4.98 Å². The number of nitrogens with two attached hydrogens (primary N) is 1. The summed E-state index contributed by atoms with van der Waals surface area (Å²) >= 11 is 0. The number of ether oxygens (including phenoxy) is 3. The van der Waals surface area contributed by atoms with Crippen molar-refractivity contribution < 1.29 is 54.5 Å². The summed E-state index contributed by atoms with van der Waals surface area (Å²) in [6.07, 6.45) is -7.78. The van der Waals surface area contributed by atoms with E-state index in [-0.39, 0.29) is 59.9 Å². The SMILES string of the molecule is CN.COc1cc(OC(F)(F)F)ccc1Oc1cc(C2CCC(C(F)(F)F)CC2)cc(F)c1C(=O)Nc1ccnc(C=O)c1. The van der Waals surface area contributed by atoms with Crippen LogP contribution in [-0.2, 0) is 0 Å². The van der Waals surface area contributed by atoms with E-state index in [2.05, 4.69) is 20.8 Å². The molecule has 0 radical (unpaired) electrons. The van der Waals surface area contributed by atoms with Crippen LogP contribution in [-0.4, -0.2) is 43.9 Å². The second kappa shape index (κ2) is 14.4. The number of pyridine rings is 1. The Kier molecular flexibility index (Phi) is 11.1. The van der Waals surface area contributed by atoms with Crippen LogP contribution in [0.25, 0.3) is 0 Å². The molecule has 1 heterocycles. The highest BCUT2D eigenvalue weighted by atomic mass is 19.4. The lowest BCUT2D eigenvalue weighted by Gasteiger charge is -2.30. The number of carbonyl (C=O) groups excluding carboxylic acids is 2. The van der Waals surface area contributed by atoms with E-state index in [0.717, 1.165) is 31.4 Å². The highest BCUT2D eigenvalue weighted by Gasteiger charge is 2.42. The Balaban J connectivity index is 0.00000259. The average Bonchev–Trinajstić information content (AvgIpc) is 2.97. The third-order valence-electron chi connectivity index (χ3n) is 6.71. The van der Waals surface area contributed by atoms with E-state index in [0.29, 0.717) is 6.29 Å². The van der Waals surface area contributed by atoms with Gasteiger partial charge in [0.25, 0.3) is 5.91 Å². The van der Waals surface area contributed by atoms with Crippen LogP contribution in [0, 0.1) is 11.7 Å². The van der Waals surface area contributed by atoms with Crippen molar-refractivity contribution in [3.05, 3.63) is 71.3 Å². The fourth-order valence-corrected chi connectivity index (χ4v) is 4.72. The summed E-state index contributed by atoms with van der Waals surface area (Å²) in [5, 5.41) is 2.43. The fourth-order valence-electron chi connectivity index (χ4n) is 4.72. The molecule has 1 fully saturated rings. The Morgan fingerprint density at radius 1 is 0.955 bits per heavy atom. The summed E-state index contributed by atoms with van der Waals surface area (Å²) in [5.74, 6) is -5.46. The molecule has 1 aliphatic rings. The number of hydrogen-bond acceptors (Lipinski definition) is 7. The van der Waals surface area contributed by atoms with Crippen LogP contribution in [0.15, 0.2) is 48.7 Å². The van der Waals surface area contributed by atoms with Gasteiger partial charge in [0.1, 0.15) is 28.6 Å². The minimum Gasteiger partial charge on any atom is -0.493 e. The van der Waals surface area contributed by atoms with Gasteiger partial charge in [-0.05, 0) is 80.6 Å². The van der Waals surface area contributed by atoms with E-state index < -0.39 is 47.4 Å². The molecule has 15 heteroatoms. The number of nitrogens with one attached hydrogen (secondary N) is 1. The summed E-state index contributed by atoms with van der Waals surface area (Å²) in [5.41, 5.74) is 4.26. The van der Waals surface area contributed by atoms with Gasteiger partial charge in [-0.25, -0.2) is 4.39 Å². The lowest BCUT2D eigenvalue weighted by Crippen LogP contribution is -2.27. The average molecular weight is 632 g/mol. The number of hydrogen-bond donors (Lipinski definition) is 2. The van der Waals surface area contributed by atoms with Gasteiger partial charge >= 0.3 is 12.5 Å². The van der Waals surface area contributed by atoms with E-state index in [1.54, 1.807) is 0 Å². The number of nitrogens with zero attached hydrogens (tertiary/aromatic N) is 1. The van der Waals surface area contributed by atoms with Gasteiger partial charge in [-0.3, -0.25) is 14.6 Å². The summed E-state index contributed by atoms with van der Waals surface area (Å²) in [6.45, 7) is 0. The Hall–Kier alpha value is -4.40. The van der Waals surface area contributed by atoms with Gasteiger partial charge in [0.15, 0.2) is 17.8 Å². The Morgan fingerprint density at radius 3 is 2.23 bits per heavy atom. The Labute approximate surface area is 247 Å². The van der Waals surface area contributed by atoms with Gasteiger partial charge in [0.05, 0.1) is 13.0 Å². The minimum atomic E-state index is -4.99. The highest BCUT2D eigenvalue weighted by Crippen LogP contribution is 2.45. The van der Waals surface area contributed by atoms with Crippen LogP contribution >= 0.6 is 0 Å². The molecule has 1 aliphatic carbocycles. The first-order chi connectivity index (χ1) is 20.8. The summed E-state index contributed by atoms with van der Waals surface area (Å²) in [7, 11) is 2.64. The van der Waals surface area contributed by atoms with Crippen molar-refractivity contribution in [3.8, 4) is 23.0 Å². The number of aldehydes is 1. The molecule has 3 aromatic rings. The van der Waals surface area contributed by atoms with Crippen molar-refractivity contribution in [3.63, 3.8) is 0 Å². The van der Waals surface area contributed by atoms with Crippen LogP contribution in [0.3, 0.4) is 0 Å². The van der Waals surface area contributed by atoms with Gasteiger partial charge in [0.2, 0.25) is 0 Å². The number of halogens is 7. The molecule has 1 saturated carbocycles. The van der Waals surface area contributed by atoms with Crippen LogP contribution in [0.1, 0.15) is 58.0 Å². The van der Waals surface area contributed by atoms with Gasteiger partial charge in [-0.1, -0.05) is 0 Å². The number of benzene rings is 2. The normalized spacial score (nSPS) is 16.7. The van der Waals surface area contributed by atoms with Crippen molar-refractivity contribution in [1.29, 1.82) is 0 Å². The van der Waals surface area contributed by atoms with E-state index in [1.165, 1.54) is 31.4 Å². The largest absolute Gasteiger partial charge is 0.573 e. The van der Waals surface area contributed by atoms with Crippen LogP contribution in [0.5, 0.6) is 23.0 Å². The maximum atomic E-state index is 15.6. The standard InChI is InChI=1S/C28H23F7N2O5.CH5N/c1-40-23-13-20(42-28(33,34)35)6-7-22(23)41-24-11-16(15-2-4-17(5-3-15)27(30,31)32)10-21(29)25(24)26(39)37-18-8-9-36-19(12-18)14-38;1-2/h6-15,17H,2-5H2,1H3,(H,36,37,39);2H2,1H3. The van der Waals surface area contributed by atoms with E-state index in [1.807, 2.05) is 0 Å². The molecule has 2 aromatic carbocycles. The van der Waals surface area contributed by atoms with E-state index in [9.17, 15) is 35.9 Å². The molecule has 1 amide bonds. The molecule has 8 nitrogen and oxygen atoms in total. The molecular weight excluding hydrogens is 603 g/mol. The third kappa shape index (κ3) is 8.81. The lowest BCUT2D eigenvalue weighted by atomic mass is 9.78. The zero-order valence-electron chi connectivity index (χ0n) is 23.4. The van der Waals surface area contributed by atoms with Crippen molar-refractivity contribution in [2.45, 2.75) is 44.1 Å². The number of anilines is 1. The van der Waals surface area contributed by atoms with Crippen molar-refractivity contribution >= 4 is 17.9 Å². The Morgan fingerprint density at radius 2 is 1.64 bits per heavy atom. The molecule has 4 rings (SSSR count). The summed E-state index contributed by atoms with van der Waals surface area (Å²) in [4.78, 5) is 28.0. The number of rotatable bonds is 8. The first kappa shape index (κ1) is 34.1. The molecule has 0 spiro atoms. The number of aromatic nitrogens is 1. The summed E-state index contributed by atoms with van der Waals surface area (Å²) < 4.78 is 108. The lowest BCUT2D eigenvalue weighted by molar-refractivity contribution is -0.274. The second-order valence-electron chi connectivity index (χ2n) is 9.47. The fraction of sp³-hybridized carbons (Fsp3) is 0.345. The van der Waals surface area contributed by atoms with Gasteiger partial charge in [-0.2, -0.15) is 13.2 Å². The zero-order chi connectivity index (χ0) is 32.7. The third-order valence-corrected chi connectivity index (χ3v) is 6.71. The number of alkyl halides is 6. The molecule has 0 aliphatic heterocycles. The zero-order valence-corrected chi connectivity index (χ0v) is 23.4. The first-order valence-electron chi connectivity index (χ1n) is 13.1. The van der Waals surface area contributed by atoms with Gasteiger partial charge in [-0.15, -0.1) is 13.2 Å². The molecule has 0 unspecified atom stereocenters. The highest BCUT2D eigenvalue weighted by molar-refractivity contribution is 6.06. The molecule has 0 atom stereocenters. The smallest absolute Gasteiger partial charge is 0.493 e. The molecular formula is C29H28F7N3O5. The quantitative estimate of drug-likeness (QED) is 0.197. The van der Waals surface area contributed by atoms with Crippen molar-refractivity contribution in [2.24, 2.45) is 11.7 Å². The van der Waals surface area contributed by atoms with E-state index in [4.69, 9.17) is 9.47 Å². The van der Waals surface area contributed by atoms with Crippen molar-refractivity contribution in [2.75, 3.05) is 19.5 Å². The van der Waals surface area contributed by atoms with Gasteiger partial charge < -0.3 is 25.3 Å². The molecule has 0 bridgehead atoms. The molecule has 0 saturated heterocycles. The van der Waals surface area contributed by atoms with Gasteiger partial charge in [0, 0.05) is 18.0 Å². The number of amides is 1. The predicted molar refractivity (Wildman–Crippen MR) is 145 cm³/mol. The monoisotopic (exact) mass is 631 g/mol. The maximum absolute atomic E-state index is 15.6. The van der Waals surface area contributed by atoms with Crippen LogP contribution in [0.4, 0.5) is 36.4 Å². The summed E-state index contributed by atoms with van der Waals surface area (Å²) in [6, 6.07) is 7.78. The second-order valence-corrected chi connectivity index (χ2v) is 9.47. The molecule has 44 heavy (non-hydrogen) atoms. The maximum Gasteiger partial charge on any atom is 0.573 e. The number of carbonyl (C=O) groups is 2. The topological polar surface area (TPSA) is 113 Å². The number of methoxy groups -OCH3 is 1. The first-order valence-corrected chi connectivity index (χ1v) is 13.1. The van der Waals surface area contributed by atoms with Crippen LogP contribution in [0.2, 0.25) is 0 Å². The minimum absolute atomic E-state index is 0.0135. The van der Waals surface area contributed by atoms with E-state index >= 15 is 4.39 Å². The van der Waals surface area contributed by atoms with Crippen LogP contribution < -0.4 is 25.3 Å². The molecule has 3 N–H and O–H groups in total. The molecule has 238 valence electrons. The Bertz CT molecular complexity index is 1460. The predicted octanol–water partition coefficient (Wildman–Crippen LogP) is 7.40.